The van der Waals surface area contributed by atoms with E-state index in [1.807, 2.05) is 5.48 Å². The molecule has 0 aromatic carbocycles. The summed E-state index contributed by atoms with van der Waals surface area (Å²) >= 11 is 0. The number of primary amides is 1. The number of carbonyl (C=O) groups is 2. The Bertz CT molecular complexity index is 185. The van der Waals surface area contributed by atoms with Gasteiger partial charge in [0, 0.05) is 0 Å². The van der Waals surface area contributed by atoms with Crippen LogP contribution < -0.4 is 16.9 Å². The van der Waals surface area contributed by atoms with E-state index < -0.39 is 17.4 Å². The van der Waals surface area contributed by atoms with Gasteiger partial charge < -0.3 is 11.5 Å². The molecule has 0 aliphatic carbocycles. The second-order valence-electron chi connectivity index (χ2n) is 2.91. The van der Waals surface area contributed by atoms with E-state index in [0.29, 0.717) is 0 Å². The Morgan fingerprint density at radius 3 is 2.33 bits per heavy atom. The summed E-state index contributed by atoms with van der Waals surface area (Å²) in [6.45, 7) is 2.66. The third kappa shape index (κ3) is 4.64. The second kappa shape index (κ2) is 4.03. The minimum atomic E-state index is -1.03. The molecule has 0 bridgehead atoms. The number of amides is 2. The summed E-state index contributed by atoms with van der Waals surface area (Å²) in [4.78, 5) is 25.5. The maximum absolute atomic E-state index is 10.9. The Morgan fingerprint density at radius 1 is 1.50 bits per heavy atom. The van der Waals surface area contributed by atoms with Crippen molar-refractivity contribution >= 4 is 11.8 Å². The van der Waals surface area contributed by atoms with Crippen LogP contribution in [0.5, 0.6) is 0 Å². The van der Waals surface area contributed by atoms with Crippen molar-refractivity contribution in [3.05, 3.63) is 0 Å². The predicted octanol–water partition coefficient (Wildman–Crippen LogP) is -1.74. The standard InChI is InChI=1S/C6H13N3O3/c1-6(2,8)5(11)9-12-3-4(7)10/h3,8H2,1-2H3,(H2,7,10)(H,9,11). The van der Waals surface area contributed by atoms with Crippen molar-refractivity contribution in [1.82, 2.24) is 5.48 Å². The molecule has 70 valence electrons. The fourth-order valence-corrected chi connectivity index (χ4v) is 0.304. The molecule has 6 heteroatoms. The van der Waals surface area contributed by atoms with Crippen molar-refractivity contribution in [3.63, 3.8) is 0 Å². The van der Waals surface area contributed by atoms with Gasteiger partial charge in [-0.25, -0.2) is 5.48 Å². The summed E-state index contributed by atoms with van der Waals surface area (Å²) in [7, 11) is 0. The molecule has 0 radical (unpaired) electrons. The molecule has 0 unspecified atom stereocenters. The molecule has 0 rings (SSSR count). The fourth-order valence-electron chi connectivity index (χ4n) is 0.304. The van der Waals surface area contributed by atoms with Gasteiger partial charge in [0.2, 0.25) is 5.91 Å². The van der Waals surface area contributed by atoms with Crippen LogP contribution in [0.1, 0.15) is 13.8 Å². The van der Waals surface area contributed by atoms with Gasteiger partial charge in [-0.2, -0.15) is 0 Å². The fraction of sp³-hybridized carbons (Fsp3) is 0.667. The van der Waals surface area contributed by atoms with Gasteiger partial charge in [-0.05, 0) is 13.8 Å². The first kappa shape index (κ1) is 10.9. The number of carbonyl (C=O) groups excluding carboxylic acids is 2. The topological polar surface area (TPSA) is 107 Å². The monoisotopic (exact) mass is 175 g/mol. The molecule has 0 fully saturated rings. The molecule has 0 aliphatic heterocycles. The Balaban J connectivity index is 3.66. The van der Waals surface area contributed by atoms with Crippen molar-refractivity contribution in [2.45, 2.75) is 19.4 Å². The van der Waals surface area contributed by atoms with Crippen LogP contribution in [-0.4, -0.2) is 24.0 Å². The van der Waals surface area contributed by atoms with Gasteiger partial charge in [0.1, 0.15) is 0 Å². The van der Waals surface area contributed by atoms with Gasteiger partial charge in [0.15, 0.2) is 6.61 Å². The van der Waals surface area contributed by atoms with Crippen molar-refractivity contribution in [2.75, 3.05) is 6.61 Å². The van der Waals surface area contributed by atoms with E-state index in [1.165, 1.54) is 13.8 Å². The SMILES string of the molecule is CC(C)(N)C(=O)NOCC(N)=O. The Labute approximate surface area is 70.2 Å². The lowest BCUT2D eigenvalue weighted by Gasteiger charge is -2.16. The van der Waals surface area contributed by atoms with Crippen LogP contribution in [0.3, 0.4) is 0 Å². The zero-order chi connectivity index (χ0) is 9.78. The normalized spacial score (nSPS) is 10.9. The van der Waals surface area contributed by atoms with Gasteiger partial charge in [-0.1, -0.05) is 0 Å². The Hall–Kier alpha value is -1.14. The number of hydroxylamine groups is 1. The zero-order valence-electron chi connectivity index (χ0n) is 7.09. The highest BCUT2D eigenvalue weighted by atomic mass is 16.7. The number of nitrogens with one attached hydrogen (secondary N) is 1. The average molecular weight is 175 g/mol. The third-order valence-corrected chi connectivity index (χ3v) is 0.965. The van der Waals surface area contributed by atoms with Gasteiger partial charge in [-0.15, -0.1) is 0 Å². The van der Waals surface area contributed by atoms with Crippen LogP contribution >= 0.6 is 0 Å². The summed E-state index contributed by atoms with van der Waals surface area (Å²) in [5.41, 5.74) is 11.1. The molecule has 0 aliphatic rings. The van der Waals surface area contributed by atoms with E-state index in [0.717, 1.165) is 0 Å². The van der Waals surface area contributed by atoms with Crippen molar-refractivity contribution < 1.29 is 14.4 Å². The quantitative estimate of drug-likeness (QED) is 0.440. The molecule has 0 saturated carbocycles. The van der Waals surface area contributed by atoms with E-state index in [9.17, 15) is 9.59 Å². The average Bonchev–Trinajstić information content (AvgIpc) is 1.84. The van der Waals surface area contributed by atoms with Gasteiger partial charge in [-0.3, -0.25) is 14.4 Å². The molecule has 0 heterocycles. The molecule has 6 nitrogen and oxygen atoms in total. The molecule has 0 saturated heterocycles. The first-order valence-corrected chi connectivity index (χ1v) is 3.33. The highest BCUT2D eigenvalue weighted by molar-refractivity contribution is 5.84. The smallest absolute Gasteiger partial charge is 0.263 e. The zero-order valence-corrected chi connectivity index (χ0v) is 7.09. The first-order chi connectivity index (χ1) is 5.34. The second-order valence-corrected chi connectivity index (χ2v) is 2.91. The number of nitrogens with two attached hydrogens (primary N) is 2. The summed E-state index contributed by atoms with van der Waals surface area (Å²) in [5, 5.41) is 0. The molecule has 12 heavy (non-hydrogen) atoms. The predicted molar refractivity (Wildman–Crippen MR) is 41.6 cm³/mol. The van der Waals surface area contributed by atoms with E-state index in [1.54, 1.807) is 0 Å². The lowest BCUT2D eigenvalue weighted by atomic mass is 10.1. The lowest BCUT2D eigenvalue weighted by Crippen LogP contribution is -2.49. The Kier molecular flexibility index (Phi) is 3.65. The number of hydrogen-bond donors (Lipinski definition) is 3. The largest absolute Gasteiger partial charge is 0.368 e. The van der Waals surface area contributed by atoms with Gasteiger partial charge in [0.05, 0.1) is 5.54 Å². The number of hydrogen-bond acceptors (Lipinski definition) is 4. The van der Waals surface area contributed by atoms with E-state index in [2.05, 4.69) is 4.84 Å². The van der Waals surface area contributed by atoms with Gasteiger partial charge in [0.25, 0.3) is 5.91 Å². The van der Waals surface area contributed by atoms with E-state index >= 15 is 0 Å². The highest BCUT2D eigenvalue weighted by Crippen LogP contribution is 1.94. The van der Waals surface area contributed by atoms with Crippen LogP contribution in [0.25, 0.3) is 0 Å². The highest BCUT2D eigenvalue weighted by Gasteiger charge is 2.21. The van der Waals surface area contributed by atoms with Crippen LogP contribution in [0.2, 0.25) is 0 Å². The van der Waals surface area contributed by atoms with Crippen LogP contribution in [0.15, 0.2) is 0 Å². The minimum Gasteiger partial charge on any atom is -0.368 e. The van der Waals surface area contributed by atoms with Crippen molar-refractivity contribution in [1.29, 1.82) is 0 Å². The molecule has 0 atom stereocenters. The van der Waals surface area contributed by atoms with E-state index in [-0.39, 0.29) is 6.61 Å². The summed E-state index contributed by atoms with van der Waals surface area (Å²) in [6, 6.07) is 0. The summed E-state index contributed by atoms with van der Waals surface area (Å²) in [6.07, 6.45) is 0. The Morgan fingerprint density at radius 2 is 2.00 bits per heavy atom. The van der Waals surface area contributed by atoms with E-state index in [4.69, 9.17) is 11.5 Å². The lowest BCUT2D eigenvalue weighted by molar-refractivity contribution is -0.141. The molecule has 0 aromatic heterocycles. The maximum Gasteiger partial charge on any atom is 0.263 e. The molecule has 5 N–H and O–H groups in total. The summed E-state index contributed by atoms with van der Waals surface area (Å²) in [5.74, 6) is -1.17. The van der Waals surface area contributed by atoms with Crippen molar-refractivity contribution in [3.8, 4) is 0 Å². The van der Waals surface area contributed by atoms with Crippen LogP contribution in [0.4, 0.5) is 0 Å². The molecule has 2 amide bonds. The molecule has 0 spiro atoms. The molecular formula is C6H13N3O3. The van der Waals surface area contributed by atoms with Crippen LogP contribution in [-0.2, 0) is 14.4 Å². The minimum absolute atomic E-state index is 0.359. The molecular weight excluding hydrogens is 162 g/mol. The van der Waals surface area contributed by atoms with Gasteiger partial charge >= 0.3 is 0 Å². The summed E-state index contributed by atoms with van der Waals surface area (Å²) < 4.78 is 0. The molecule has 0 aromatic rings. The third-order valence-electron chi connectivity index (χ3n) is 0.965. The number of rotatable bonds is 4. The maximum atomic E-state index is 10.9. The van der Waals surface area contributed by atoms with Crippen LogP contribution in [0, 0.1) is 0 Å². The first-order valence-electron chi connectivity index (χ1n) is 3.33. The van der Waals surface area contributed by atoms with Crippen molar-refractivity contribution in [2.24, 2.45) is 11.5 Å².